The molecule has 31 heavy (non-hydrogen) atoms. The maximum absolute atomic E-state index is 13.4. The van der Waals surface area contributed by atoms with Crippen molar-refractivity contribution in [3.05, 3.63) is 99.5 Å². The molecule has 0 bridgehead atoms. The number of aromatic nitrogens is 1. The predicted octanol–water partition coefficient (Wildman–Crippen LogP) is 4.75. The van der Waals surface area contributed by atoms with Gasteiger partial charge in [-0.3, -0.25) is 14.5 Å². The van der Waals surface area contributed by atoms with Crippen molar-refractivity contribution in [2.75, 3.05) is 23.9 Å². The summed E-state index contributed by atoms with van der Waals surface area (Å²) in [6.45, 7) is 0.270. The Morgan fingerprint density at radius 1 is 1.03 bits per heavy atom. The lowest BCUT2D eigenvalue weighted by molar-refractivity contribution is 0.0958. The van der Waals surface area contributed by atoms with Crippen LogP contribution in [0.5, 0.6) is 0 Å². The van der Waals surface area contributed by atoms with E-state index < -0.39 is 5.91 Å². The first kappa shape index (κ1) is 20.6. The van der Waals surface area contributed by atoms with Crippen molar-refractivity contribution in [3.63, 3.8) is 0 Å². The summed E-state index contributed by atoms with van der Waals surface area (Å²) in [5, 5.41) is 0.753. The van der Waals surface area contributed by atoms with Crippen molar-refractivity contribution in [2.24, 2.45) is 0 Å². The molecule has 4 aromatic rings. The van der Waals surface area contributed by atoms with Crippen LogP contribution in [0.25, 0.3) is 11.0 Å². The Hall–Kier alpha value is -3.64. The molecule has 0 radical (unpaired) electrons. The van der Waals surface area contributed by atoms with E-state index in [1.54, 1.807) is 36.5 Å². The molecule has 7 heteroatoms. The smallest absolute Gasteiger partial charge is 0.295 e. The topological polar surface area (TPSA) is 66.7 Å². The fourth-order valence-corrected chi connectivity index (χ4v) is 3.39. The molecule has 0 spiro atoms. The molecule has 0 N–H and O–H groups in total. The number of rotatable bonds is 5. The van der Waals surface area contributed by atoms with E-state index in [1.165, 1.54) is 17.0 Å². The number of hydrogen-bond donors (Lipinski definition) is 0. The van der Waals surface area contributed by atoms with Gasteiger partial charge in [-0.1, -0.05) is 29.8 Å². The molecule has 0 saturated heterocycles. The first-order valence-electron chi connectivity index (χ1n) is 9.65. The standard InChI is InChI=1S/C24H20ClN3O3/c1-27(2)18-9-6-16(7-10-18)15-28(23-5-3-4-12-26-23)24(30)22-14-20(29)19-13-17(25)8-11-21(19)31-22/h3-14H,15H2,1-2H3. The van der Waals surface area contributed by atoms with E-state index >= 15 is 0 Å². The molecule has 0 aliphatic carbocycles. The maximum Gasteiger partial charge on any atom is 0.295 e. The third-order valence-corrected chi connectivity index (χ3v) is 5.10. The molecule has 4 rings (SSSR count). The largest absolute Gasteiger partial charge is 0.451 e. The zero-order valence-corrected chi connectivity index (χ0v) is 17.8. The van der Waals surface area contributed by atoms with Crippen LogP contribution in [0.1, 0.15) is 16.1 Å². The normalized spacial score (nSPS) is 10.8. The van der Waals surface area contributed by atoms with Gasteiger partial charge >= 0.3 is 0 Å². The van der Waals surface area contributed by atoms with Gasteiger partial charge in [0.15, 0.2) is 11.2 Å². The minimum Gasteiger partial charge on any atom is -0.451 e. The lowest BCUT2D eigenvalue weighted by Gasteiger charge is -2.22. The van der Waals surface area contributed by atoms with Crippen LogP contribution in [-0.4, -0.2) is 25.0 Å². The van der Waals surface area contributed by atoms with Crippen LogP contribution >= 0.6 is 11.6 Å². The minimum atomic E-state index is -0.454. The molecular weight excluding hydrogens is 414 g/mol. The Balaban J connectivity index is 1.73. The van der Waals surface area contributed by atoms with Gasteiger partial charge in [0.2, 0.25) is 0 Å². The molecule has 2 aromatic heterocycles. The predicted molar refractivity (Wildman–Crippen MR) is 123 cm³/mol. The summed E-state index contributed by atoms with van der Waals surface area (Å²) in [6.07, 6.45) is 1.61. The van der Waals surface area contributed by atoms with Gasteiger partial charge in [0.1, 0.15) is 11.4 Å². The number of pyridine rings is 1. The van der Waals surface area contributed by atoms with E-state index in [1.807, 2.05) is 43.3 Å². The van der Waals surface area contributed by atoms with Crippen molar-refractivity contribution in [3.8, 4) is 0 Å². The fourth-order valence-electron chi connectivity index (χ4n) is 3.22. The highest BCUT2D eigenvalue weighted by atomic mass is 35.5. The van der Waals surface area contributed by atoms with Crippen LogP contribution in [0.2, 0.25) is 5.02 Å². The van der Waals surface area contributed by atoms with Crippen LogP contribution in [0.15, 0.2) is 82.1 Å². The van der Waals surface area contributed by atoms with Crippen molar-refractivity contribution in [1.29, 1.82) is 0 Å². The highest BCUT2D eigenvalue weighted by Crippen LogP contribution is 2.22. The molecule has 6 nitrogen and oxygen atoms in total. The lowest BCUT2D eigenvalue weighted by Crippen LogP contribution is -2.31. The van der Waals surface area contributed by atoms with Gasteiger partial charge in [0.05, 0.1) is 11.9 Å². The molecular formula is C24H20ClN3O3. The fraction of sp³-hybridized carbons (Fsp3) is 0.125. The van der Waals surface area contributed by atoms with Crippen LogP contribution in [0.3, 0.4) is 0 Å². The van der Waals surface area contributed by atoms with Gasteiger partial charge in [-0.15, -0.1) is 0 Å². The molecule has 0 atom stereocenters. The Morgan fingerprint density at radius 2 is 1.81 bits per heavy atom. The summed E-state index contributed by atoms with van der Waals surface area (Å²) in [5.74, 6) is -0.0530. The number of anilines is 2. The monoisotopic (exact) mass is 433 g/mol. The molecule has 0 unspecified atom stereocenters. The third kappa shape index (κ3) is 4.44. The van der Waals surface area contributed by atoms with E-state index in [-0.39, 0.29) is 17.7 Å². The summed E-state index contributed by atoms with van der Waals surface area (Å²) in [5.41, 5.74) is 1.94. The first-order chi connectivity index (χ1) is 14.9. The van der Waals surface area contributed by atoms with Crippen LogP contribution in [0.4, 0.5) is 11.5 Å². The summed E-state index contributed by atoms with van der Waals surface area (Å²) < 4.78 is 5.77. The number of nitrogens with zero attached hydrogens (tertiary/aromatic N) is 3. The average Bonchev–Trinajstić information content (AvgIpc) is 2.78. The molecule has 0 fully saturated rings. The maximum atomic E-state index is 13.4. The van der Waals surface area contributed by atoms with E-state index in [4.69, 9.17) is 16.0 Å². The third-order valence-electron chi connectivity index (χ3n) is 4.86. The number of carbonyl (C=O) groups is 1. The summed E-state index contributed by atoms with van der Waals surface area (Å²) in [6, 6.07) is 19.1. The van der Waals surface area contributed by atoms with Gasteiger partial charge in [-0.25, -0.2) is 4.98 Å². The highest BCUT2D eigenvalue weighted by molar-refractivity contribution is 6.31. The van der Waals surface area contributed by atoms with Gasteiger partial charge < -0.3 is 9.32 Å². The second-order valence-corrected chi connectivity index (χ2v) is 7.69. The van der Waals surface area contributed by atoms with Crippen molar-refractivity contribution >= 4 is 40.0 Å². The summed E-state index contributed by atoms with van der Waals surface area (Å²) in [7, 11) is 3.93. The highest BCUT2D eigenvalue weighted by Gasteiger charge is 2.23. The number of carbonyl (C=O) groups excluding carboxylic acids is 1. The number of fused-ring (bicyclic) bond motifs is 1. The second kappa shape index (κ2) is 8.62. The van der Waals surface area contributed by atoms with Gasteiger partial charge in [0.25, 0.3) is 5.91 Å². The SMILES string of the molecule is CN(C)c1ccc(CN(C(=O)c2cc(=O)c3cc(Cl)ccc3o2)c2ccccn2)cc1. The average molecular weight is 434 g/mol. The Bertz CT molecular complexity index is 1290. The van der Waals surface area contributed by atoms with Crippen LogP contribution in [0, 0.1) is 0 Å². The van der Waals surface area contributed by atoms with E-state index in [9.17, 15) is 9.59 Å². The zero-order chi connectivity index (χ0) is 22.0. The van der Waals surface area contributed by atoms with E-state index in [0.29, 0.717) is 21.8 Å². The van der Waals surface area contributed by atoms with Gasteiger partial charge in [-0.2, -0.15) is 0 Å². The first-order valence-corrected chi connectivity index (χ1v) is 10.0. The molecule has 2 aromatic carbocycles. The van der Waals surface area contributed by atoms with Crippen LogP contribution in [-0.2, 0) is 6.54 Å². The van der Waals surface area contributed by atoms with E-state index in [0.717, 1.165) is 11.3 Å². The molecule has 2 heterocycles. The Morgan fingerprint density at radius 3 is 2.48 bits per heavy atom. The van der Waals surface area contributed by atoms with Crippen molar-refractivity contribution in [1.82, 2.24) is 4.98 Å². The minimum absolute atomic E-state index is 0.0598. The molecule has 0 saturated carbocycles. The molecule has 1 amide bonds. The Kier molecular flexibility index (Phi) is 5.73. The molecule has 156 valence electrons. The molecule has 0 aliphatic heterocycles. The number of amides is 1. The van der Waals surface area contributed by atoms with E-state index in [2.05, 4.69) is 4.98 Å². The number of halogens is 1. The summed E-state index contributed by atoms with van der Waals surface area (Å²) in [4.78, 5) is 33.8. The van der Waals surface area contributed by atoms with Crippen molar-refractivity contribution in [2.45, 2.75) is 6.54 Å². The zero-order valence-electron chi connectivity index (χ0n) is 17.1. The van der Waals surface area contributed by atoms with Crippen LogP contribution < -0.4 is 15.2 Å². The lowest BCUT2D eigenvalue weighted by atomic mass is 10.1. The quantitative estimate of drug-likeness (QED) is 0.454. The Labute approximate surface area is 184 Å². The van der Waals surface area contributed by atoms with Crippen molar-refractivity contribution < 1.29 is 9.21 Å². The number of benzene rings is 2. The summed E-state index contributed by atoms with van der Waals surface area (Å²) >= 11 is 5.98. The number of hydrogen-bond acceptors (Lipinski definition) is 5. The van der Waals surface area contributed by atoms with Gasteiger partial charge in [-0.05, 0) is 48.0 Å². The van der Waals surface area contributed by atoms with Gasteiger partial charge in [0, 0.05) is 37.1 Å². The second-order valence-electron chi connectivity index (χ2n) is 7.26. The molecule has 0 aliphatic rings.